The molecule has 1 N–H and O–H groups in total. The Morgan fingerprint density at radius 3 is 2.75 bits per heavy atom. The fourth-order valence-corrected chi connectivity index (χ4v) is 0.994. The molecule has 70 valence electrons. The fourth-order valence-electron chi connectivity index (χ4n) is 0.994. The lowest BCUT2D eigenvalue weighted by Gasteiger charge is -1.99. The first-order valence-electron chi connectivity index (χ1n) is 4.55. The van der Waals surface area contributed by atoms with E-state index in [0.717, 1.165) is 6.42 Å². The van der Waals surface area contributed by atoms with Crippen molar-refractivity contribution in [1.29, 1.82) is 0 Å². The third-order valence-corrected chi connectivity index (χ3v) is 1.69. The first kappa shape index (κ1) is 11.2. The van der Waals surface area contributed by atoms with Crippen LogP contribution in [0.4, 0.5) is 0 Å². The molecule has 0 rings (SSSR count). The van der Waals surface area contributed by atoms with E-state index in [4.69, 9.17) is 5.11 Å². The van der Waals surface area contributed by atoms with Crippen LogP contribution in [0.1, 0.15) is 39.5 Å². The van der Waals surface area contributed by atoms with Crippen molar-refractivity contribution >= 4 is 5.97 Å². The highest BCUT2D eigenvalue weighted by Crippen LogP contribution is 2.05. The molecule has 0 radical (unpaired) electrons. The summed E-state index contributed by atoms with van der Waals surface area (Å²) in [4.78, 5) is 10.3. The van der Waals surface area contributed by atoms with E-state index < -0.39 is 5.97 Å². The molecule has 0 spiro atoms. The lowest BCUT2D eigenvalue weighted by molar-refractivity contribution is -0.137. The smallest absolute Gasteiger partial charge is 0.303 e. The average molecular weight is 170 g/mol. The Balaban J connectivity index is 3.46. The molecule has 1 atom stereocenters. The highest BCUT2D eigenvalue weighted by atomic mass is 16.4. The van der Waals surface area contributed by atoms with E-state index in [0.29, 0.717) is 0 Å². The Kier molecular flexibility index (Phi) is 6.44. The van der Waals surface area contributed by atoms with Gasteiger partial charge in [0, 0.05) is 0 Å². The van der Waals surface area contributed by atoms with Gasteiger partial charge in [-0.25, -0.2) is 0 Å². The Bertz CT molecular complexity index is 150. The Labute approximate surface area is 74.3 Å². The average Bonchev–Trinajstić information content (AvgIpc) is 1.97. The highest BCUT2D eigenvalue weighted by Gasteiger charge is 2.02. The van der Waals surface area contributed by atoms with Crippen LogP contribution in [0, 0.1) is 5.92 Å². The van der Waals surface area contributed by atoms with Crippen LogP contribution < -0.4 is 0 Å². The molecule has 0 aromatic carbocycles. The van der Waals surface area contributed by atoms with Gasteiger partial charge in [0.05, 0.1) is 6.42 Å². The van der Waals surface area contributed by atoms with Gasteiger partial charge in [-0.2, -0.15) is 0 Å². The zero-order valence-corrected chi connectivity index (χ0v) is 7.92. The van der Waals surface area contributed by atoms with Crippen molar-refractivity contribution in [1.82, 2.24) is 0 Å². The number of unbranched alkanes of at least 4 members (excludes halogenated alkanes) is 2. The third-order valence-electron chi connectivity index (χ3n) is 1.69. The van der Waals surface area contributed by atoms with Crippen LogP contribution in [0.25, 0.3) is 0 Å². The zero-order valence-electron chi connectivity index (χ0n) is 7.92. The van der Waals surface area contributed by atoms with Gasteiger partial charge < -0.3 is 5.11 Å². The van der Waals surface area contributed by atoms with E-state index in [1.54, 1.807) is 0 Å². The van der Waals surface area contributed by atoms with E-state index in [2.05, 4.69) is 13.0 Å². The van der Waals surface area contributed by atoms with Gasteiger partial charge in [0.25, 0.3) is 0 Å². The molecular formula is C10H18O2. The number of carboxylic acids is 1. The van der Waals surface area contributed by atoms with Crippen molar-refractivity contribution in [2.75, 3.05) is 0 Å². The van der Waals surface area contributed by atoms with E-state index in [9.17, 15) is 4.79 Å². The van der Waals surface area contributed by atoms with Gasteiger partial charge >= 0.3 is 5.97 Å². The molecule has 0 aliphatic heterocycles. The molecule has 0 amide bonds. The van der Waals surface area contributed by atoms with E-state index in [-0.39, 0.29) is 12.3 Å². The monoisotopic (exact) mass is 170 g/mol. The predicted molar refractivity (Wildman–Crippen MR) is 50.1 cm³/mol. The van der Waals surface area contributed by atoms with Crippen molar-refractivity contribution in [2.24, 2.45) is 5.92 Å². The van der Waals surface area contributed by atoms with Crippen LogP contribution in [-0.4, -0.2) is 11.1 Å². The third kappa shape index (κ3) is 7.32. The molecule has 0 aliphatic carbocycles. The molecule has 12 heavy (non-hydrogen) atoms. The minimum atomic E-state index is -0.720. The van der Waals surface area contributed by atoms with Crippen LogP contribution in [0.5, 0.6) is 0 Å². The molecule has 2 heteroatoms. The summed E-state index contributed by atoms with van der Waals surface area (Å²) in [6.07, 6.45) is 7.76. The van der Waals surface area contributed by atoms with Crippen LogP contribution >= 0.6 is 0 Å². The summed E-state index contributed by atoms with van der Waals surface area (Å²) >= 11 is 0. The molecule has 2 nitrogen and oxygen atoms in total. The predicted octanol–water partition coefficient (Wildman–Crippen LogP) is 2.84. The second-order valence-corrected chi connectivity index (χ2v) is 3.15. The van der Waals surface area contributed by atoms with Crippen LogP contribution in [0.15, 0.2) is 12.2 Å². The summed E-state index contributed by atoms with van der Waals surface area (Å²) in [6.45, 7) is 4.07. The van der Waals surface area contributed by atoms with E-state index in [1.165, 1.54) is 12.8 Å². The number of hydrogen-bond acceptors (Lipinski definition) is 1. The molecule has 0 bridgehead atoms. The van der Waals surface area contributed by atoms with Gasteiger partial charge in [-0.15, -0.1) is 0 Å². The fraction of sp³-hybridized carbons (Fsp3) is 0.700. The van der Waals surface area contributed by atoms with Crippen molar-refractivity contribution in [3.63, 3.8) is 0 Å². The van der Waals surface area contributed by atoms with E-state index >= 15 is 0 Å². The number of rotatable bonds is 6. The topological polar surface area (TPSA) is 37.3 Å². The Hall–Kier alpha value is -0.790. The largest absolute Gasteiger partial charge is 0.481 e. The molecule has 0 aliphatic rings. The first-order chi connectivity index (χ1) is 5.66. The molecule has 0 fully saturated rings. The summed E-state index contributed by atoms with van der Waals surface area (Å²) < 4.78 is 0. The molecule has 1 unspecified atom stereocenters. The molecular weight excluding hydrogens is 152 g/mol. The summed E-state index contributed by atoms with van der Waals surface area (Å²) in [7, 11) is 0. The van der Waals surface area contributed by atoms with Crippen LogP contribution in [-0.2, 0) is 4.79 Å². The Morgan fingerprint density at radius 1 is 1.58 bits per heavy atom. The normalized spacial score (nSPS) is 13.5. The van der Waals surface area contributed by atoms with Gasteiger partial charge in [0.1, 0.15) is 0 Å². The maximum absolute atomic E-state index is 10.3. The van der Waals surface area contributed by atoms with Gasteiger partial charge in [0.2, 0.25) is 0 Å². The second kappa shape index (κ2) is 6.89. The maximum atomic E-state index is 10.3. The highest BCUT2D eigenvalue weighted by molar-refractivity contribution is 5.67. The summed E-state index contributed by atoms with van der Waals surface area (Å²) in [6, 6.07) is 0. The SMILES string of the molecule is CCCC/C=C\C(C)CC(=O)O. The number of carboxylic acid groups (broad SMARTS) is 1. The second-order valence-electron chi connectivity index (χ2n) is 3.15. The van der Waals surface area contributed by atoms with Crippen molar-refractivity contribution < 1.29 is 9.90 Å². The van der Waals surface area contributed by atoms with Gasteiger partial charge in [-0.3, -0.25) is 4.79 Å². The van der Waals surface area contributed by atoms with Crippen molar-refractivity contribution in [2.45, 2.75) is 39.5 Å². The van der Waals surface area contributed by atoms with Crippen LogP contribution in [0.2, 0.25) is 0 Å². The quantitative estimate of drug-likeness (QED) is 0.491. The number of allylic oxidation sites excluding steroid dienone is 2. The van der Waals surface area contributed by atoms with Gasteiger partial charge in [-0.1, -0.05) is 38.8 Å². The number of hydrogen-bond donors (Lipinski definition) is 1. The summed E-state index contributed by atoms with van der Waals surface area (Å²) in [5.74, 6) is -0.554. The molecule has 0 saturated heterocycles. The minimum Gasteiger partial charge on any atom is -0.481 e. The first-order valence-corrected chi connectivity index (χ1v) is 4.55. The Morgan fingerprint density at radius 2 is 2.25 bits per heavy atom. The zero-order chi connectivity index (χ0) is 9.40. The van der Waals surface area contributed by atoms with Crippen molar-refractivity contribution in [3.8, 4) is 0 Å². The lowest BCUT2D eigenvalue weighted by Crippen LogP contribution is -2.00. The van der Waals surface area contributed by atoms with Gasteiger partial charge in [-0.05, 0) is 12.3 Å². The molecule has 0 aromatic heterocycles. The van der Waals surface area contributed by atoms with E-state index in [1.807, 2.05) is 13.0 Å². The molecule has 0 aromatic rings. The maximum Gasteiger partial charge on any atom is 0.303 e. The minimum absolute atomic E-state index is 0.166. The lowest BCUT2D eigenvalue weighted by atomic mass is 10.1. The van der Waals surface area contributed by atoms with Crippen molar-refractivity contribution in [3.05, 3.63) is 12.2 Å². The van der Waals surface area contributed by atoms with Crippen LogP contribution in [0.3, 0.4) is 0 Å². The summed E-state index contributed by atoms with van der Waals surface area (Å²) in [5.41, 5.74) is 0. The standard InChI is InChI=1S/C10H18O2/c1-3-4-5-6-7-9(2)8-10(11)12/h6-7,9H,3-5,8H2,1-2H3,(H,11,12)/b7-6-. The molecule has 0 saturated carbocycles. The number of aliphatic carboxylic acids is 1. The van der Waals surface area contributed by atoms with Gasteiger partial charge in [0.15, 0.2) is 0 Å². The number of carbonyl (C=O) groups is 1. The summed E-state index contributed by atoms with van der Waals surface area (Å²) in [5, 5.41) is 8.45. The molecule has 0 heterocycles.